The van der Waals surface area contributed by atoms with E-state index in [2.05, 4.69) is 15.4 Å². The van der Waals surface area contributed by atoms with Gasteiger partial charge >= 0.3 is 0 Å². The molecule has 0 spiro atoms. The van der Waals surface area contributed by atoms with E-state index in [1.165, 1.54) is 26.0 Å². The van der Waals surface area contributed by atoms with Gasteiger partial charge in [-0.25, -0.2) is 21.9 Å². The molecular weight excluding hydrogens is 666 g/mol. The van der Waals surface area contributed by atoms with Crippen molar-refractivity contribution in [3.8, 4) is 0 Å². The van der Waals surface area contributed by atoms with E-state index < -0.39 is 57.8 Å². The van der Waals surface area contributed by atoms with Crippen molar-refractivity contribution in [1.29, 1.82) is 0 Å². The Morgan fingerprint density at radius 2 is 1.50 bits per heavy atom. The summed E-state index contributed by atoms with van der Waals surface area (Å²) in [5, 5.41) is 26.9. The highest BCUT2D eigenvalue weighted by Crippen LogP contribution is 2.21. The van der Waals surface area contributed by atoms with Crippen molar-refractivity contribution >= 4 is 21.8 Å². The molecule has 0 heterocycles. The van der Waals surface area contributed by atoms with Crippen molar-refractivity contribution in [3.63, 3.8) is 0 Å². The van der Waals surface area contributed by atoms with Crippen molar-refractivity contribution < 1.29 is 37.0 Å². The third-order valence-electron chi connectivity index (χ3n) is 8.05. The summed E-state index contributed by atoms with van der Waals surface area (Å²) in [5.41, 5.74) is 0.836. The number of benzene rings is 3. The summed E-state index contributed by atoms with van der Waals surface area (Å²) in [7, 11) is -4.34. The molecule has 0 aliphatic rings. The van der Waals surface area contributed by atoms with Gasteiger partial charge in [-0.3, -0.25) is 9.59 Å². The van der Waals surface area contributed by atoms with Gasteiger partial charge in [-0.2, -0.15) is 0 Å². The van der Waals surface area contributed by atoms with E-state index in [1.54, 1.807) is 4.90 Å². The number of nitrogens with one attached hydrogen (secondary N) is 3. The number of carbonyl (C=O) groups excluding carboxylic acids is 2. The number of hydrogen-bond donors (Lipinski definition) is 5. The molecule has 3 aromatic rings. The monoisotopic (exact) mass is 716 g/mol. The number of halogens is 2. The zero-order valence-electron chi connectivity index (χ0n) is 29.4. The number of rotatable bonds is 19. The third-order valence-corrected chi connectivity index (χ3v) is 9.72. The van der Waals surface area contributed by atoms with Crippen LogP contribution in [-0.4, -0.2) is 79.3 Å². The van der Waals surface area contributed by atoms with Crippen LogP contribution in [0.5, 0.6) is 0 Å². The minimum atomic E-state index is -4.34. The van der Waals surface area contributed by atoms with E-state index in [9.17, 15) is 37.0 Å². The Morgan fingerprint density at radius 1 is 0.880 bits per heavy atom. The molecule has 3 rings (SSSR count). The number of amides is 2. The standard InChI is InChI=1S/C37H50F2N4O6S/c1-6-12-43(13-7-2)36(47)29-18-28(19-32(20-29)50(48,49)42-37(4,5)24-44)35(46)41-33(17-27-15-30(38)21-31(39)16-27)34(45)23-40-22-26-11-9-10-25(8-3)14-26/h9-11,14-16,18-21,33-34,40,42,44-45H,6-8,12-13,17,22-24H2,1-5H3,(H,41,46)/t33-,34+/m0/s1. The molecule has 2 atom stereocenters. The molecule has 5 N–H and O–H groups in total. The molecule has 0 aromatic heterocycles. The second-order valence-corrected chi connectivity index (χ2v) is 14.8. The van der Waals surface area contributed by atoms with Crippen LogP contribution in [0.4, 0.5) is 8.78 Å². The number of aryl methyl sites for hydroxylation is 1. The first-order valence-electron chi connectivity index (χ1n) is 16.9. The topological polar surface area (TPSA) is 148 Å². The Bertz CT molecular complexity index is 1690. The number of sulfonamides is 1. The Labute approximate surface area is 294 Å². The molecule has 10 nitrogen and oxygen atoms in total. The van der Waals surface area contributed by atoms with Crippen LogP contribution in [0.25, 0.3) is 0 Å². The molecule has 50 heavy (non-hydrogen) atoms. The minimum Gasteiger partial charge on any atom is -0.394 e. The molecule has 0 radical (unpaired) electrons. The van der Waals surface area contributed by atoms with Crippen LogP contribution in [-0.2, 0) is 29.4 Å². The summed E-state index contributed by atoms with van der Waals surface area (Å²) < 4.78 is 57.7. The lowest BCUT2D eigenvalue weighted by Crippen LogP contribution is -2.49. The third kappa shape index (κ3) is 11.9. The van der Waals surface area contributed by atoms with Gasteiger partial charge in [0.2, 0.25) is 10.0 Å². The first-order valence-corrected chi connectivity index (χ1v) is 18.4. The van der Waals surface area contributed by atoms with Gasteiger partial charge < -0.3 is 25.7 Å². The normalized spacial score (nSPS) is 13.1. The molecule has 0 unspecified atom stereocenters. The van der Waals surface area contributed by atoms with Crippen LogP contribution in [0.15, 0.2) is 65.6 Å². The molecule has 0 aliphatic carbocycles. The van der Waals surface area contributed by atoms with Gasteiger partial charge in [0.25, 0.3) is 11.8 Å². The van der Waals surface area contributed by atoms with Gasteiger partial charge in [-0.15, -0.1) is 0 Å². The molecule has 13 heteroatoms. The van der Waals surface area contributed by atoms with Crippen molar-refractivity contribution in [3.05, 3.63) is 100 Å². The maximum absolute atomic E-state index is 14.1. The summed E-state index contributed by atoms with van der Waals surface area (Å²) in [6.45, 7) is 9.53. The Hall–Kier alpha value is -3.75. The Morgan fingerprint density at radius 3 is 2.10 bits per heavy atom. The number of aliphatic hydroxyl groups excluding tert-OH is 2. The maximum atomic E-state index is 14.1. The van der Waals surface area contributed by atoms with Crippen LogP contribution in [0, 0.1) is 11.6 Å². The smallest absolute Gasteiger partial charge is 0.253 e. The molecule has 0 aliphatic heterocycles. The van der Waals surface area contributed by atoms with Gasteiger partial charge in [0.05, 0.1) is 29.2 Å². The van der Waals surface area contributed by atoms with E-state index in [4.69, 9.17) is 0 Å². The SMILES string of the molecule is CCCN(CCC)C(=O)c1cc(C(=O)N[C@@H](Cc2cc(F)cc(F)c2)[C@H](O)CNCc2cccc(CC)c2)cc(S(=O)(=O)NC(C)(C)CO)c1. The summed E-state index contributed by atoms with van der Waals surface area (Å²) in [5.74, 6) is -2.93. The lowest BCUT2D eigenvalue weighted by molar-refractivity contribution is 0.0755. The number of aliphatic hydroxyl groups is 2. The second-order valence-electron chi connectivity index (χ2n) is 13.1. The van der Waals surface area contributed by atoms with E-state index in [0.29, 0.717) is 32.5 Å². The zero-order valence-corrected chi connectivity index (χ0v) is 30.2. The fourth-order valence-electron chi connectivity index (χ4n) is 5.48. The minimum absolute atomic E-state index is 0.000407. The molecule has 0 saturated heterocycles. The van der Waals surface area contributed by atoms with E-state index >= 15 is 0 Å². The molecule has 274 valence electrons. The fraction of sp³-hybridized carbons (Fsp3) is 0.459. The predicted molar refractivity (Wildman–Crippen MR) is 189 cm³/mol. The maximum Gasteiger partial charge on any atom is 0.253 e. The van der Waals surface area contributed by atoms with Gasteiger partial charge in [0.1, 0.15) is 11.6 Å². The van der Waals surface area contributed by atoms with E-state index in [-0.39, 0.29) is 34.6 Å². The lowest BCUT2D eigenvalue weighted by atomic mass is 9.99. The lowest BCUT2D eigenvalue weighted by Gasteiger charge is -2.26. The molecule has 0 bridgehead atoms. The fourth-order valence-corrected chi connectivity index (χ4v) is 6.96. The summed E-state index contributed by atoms with van der Waals surface area (Å²) in [6, 6.07) is 13.3. The van der Waals surface area contributed by atoms with Gasteiger partial charge in [0, 0.05) is 43.4 Å². The van der Waals surface area contributed by atoms with Crippen LogP contribution in [0.1, 0.15) is 84.9 Å². The summed E-state index contributed by atoms with van der Waals surface area (Å²) in [6.07, 6.45) is 0.758. The van der Waals surface area contributed by atoms with E-state index in [0.717, 1.165) is 41.8 Å². The molecule has 3 aromatic carbocycles. The predicted octanol–water partition coefficient (Wildman–Crippen LogP) is 4.33. The van der Waals surface area contributed by atoms with Crippen molar-refractivity contribution in [1.82, 2.24) is 20.3 Å². The first-order chi connectivity index (χ1) is 23.6. The molecular formula is C37H50F2N4O6S. The molecule has 2 amide bonds. The van der Waals surface area contributed by atoms with Gasteiger partial charge in [0.15, 0.2) is 0 Å². The van der Waals surface area contributed by atoms with Crippen LogP contribution >= 0.6 is 0 Å². The summed E-state index contributed by atoms with van der Waals surface area (Å²) in [4.78, 5) is 28.7. The summed E-state index contributed by atoms with van der Waals surface area (Å²) >= 11 is 0. The quantitative estimate of drug-likeness (QED) is 0.124. The molecule has 0 fully saturated rings. The highest BCUT2D eigenvalue weighted by atomic mass is 32.2. The van der Waals surface area contributed by atoms with Gasteiger partial charge in [-0.05, 0) is 86.6 Å². The zero-order chi connectivity index (χ0) is 37.1. The second kappa shape index (κ2) is 18.5. The Balaban J connectivity index is 2.00. The number of nitrogens with zero attached hydrogens (tertiary/aromatic N) is 1. The Kier molecular flexibility index (Phi) is 15.0. The highest BCUT2D eigenvalue weighted by Gasteiger charge is 2.29. The van der Waals surface area contributed by atoms with Crippen molar-refractivity contribution in [2.75, 3.05) is 26.2 Å². The number of hydrogen-bond acceptors (Lipinski definition) is 7. The highest BCUT2D eigenvalue weighted by molar-refractivity contribution is 7.89. The van der Waals surface area contributed by atoms with Gasteiger partial charge in [-0.1, -0.05) is 45.0 Å². The average molecular weight is 717 g/mol. The first kappa shape index (κ1) is 40.7. The molecule has 0 saturated carbocycles. The van der Waals surface area contributed by atoms with Crippen molar-refractivity contribution in [2.45, 2.75) is 89.4 Å². The number of carbonyl (C=O) groups is 2. The van der Waals surface area contributed by atoms with Crippen LogP contribution in [0.3, 0.4) is 0 Å². The van der Waals surface area contributed by atoms with Crippen molar-refractivity contribution in [2.24, 2.45) is 0 Å². The van der Waals surface area contributed by atoms with Crippen LogP contribution < -0.4 is 15.4 Å². The average Bonchev–Trinajstić information content (AvgIpc) is 3.06. The largest absolute Gasteiger partial charge is 0.394 e. The van der Waals surface area contributed by atoms with E-state index in [1.807, 2.05) is 45.0 Å². The van der Waals surface area contributed by atoms with Crippen LogP contribution in [0.2, 0.25) is 0 Å².